The van der Waals surface area contributed by atoms with E-state index in [-0.39, 0.29) is 24.0 Å². The fraction of sp³-hybridized carbons (Fsp3) is 0.208. The molecule has 0 aliphatic heterocycles. The zero-order chi connectivity index (χ0) is 21.3. The molecule has 0 spiro atoms. The predicted molar refractivity (Wildman–Crippen MR) is 142 cm³/mol. The van der Waals surface area contributed by atoms with Gasteiger partial charge in [-0.2, -0.15) is 5.10 Å². The first-order chi connectivity index (χ1) is 15.3. The van der Waals surface area contributed by atoms with Crippen molar-refractivity contribution in [3.8, 4) is 11.3 Å². The van der Waals surface area contributed by atoms with E-state index in [4.69, 9.17) is 9.98 Å². The number of guanidine groups is 1. The van der Waals surface area contributed by atoms with Crippen LogP contribution in [-0.4, -0.2) is 27.3 Å². The van der Waals surface area contributed by atoms with Gasteiger partial charge in [0.25, 0.3) is 0 Å². The van der Waals surface area contributed by atoms with E-state index in [1.165, 1.54) is 11.1 Å². The van der Waals surface area contributed by atoms with Crippen molar-refractivity contribution in [3.63, 3.8) is 0 Å². The molecule has 4 rings (SSSR count). The van der Waals surface area contributed by atoms with Crippen LogP contribution in [0.5, 0.6) is 0 Å². The second-order valence-corrected chi connectivity index (χ2v) is 7.96. The molecular weight excluding hydrogens is 531 g/mol. The summed E-state index contributed by atoms with van der Waals surface area (Å²) in [5, 5.41) is 14.2. The summed E-state index contributed by atoms with van der Waals surface area (Å²) >= 11 is 1.66. The lowest BCUT2D eigenvalue weighted by atomic mass is 10.1. The van der Waals surface area contributed by atoms with Gasteiger partial charge >= 0.3 is 0 Å². The third-order valence-corrected chi connectivity index (χ3v) is 5.64. The summed E-state index contributed by atoms with van der Waals surface area (Å²) in [6.45, 7) is 4.84. The van der Waals surface area contributed by atoms with Crippen LogP contribution in [0.3, 0.4) is 0 Å². The third kappa shape index (κ3) is 6.64. The smallest absolute Gasteiger partial charge is 0.191 e. The van der Waals surface area contributed by atoms with Crippen LogP contribution in [0.4, 0.5) is 0 Å². The summed E-state index contributed by atoms with van der Waals surface area (Å²) in [6, 6.07) is 20.6. The molecule has 2 aromatic carbocycles. The largest absolute Gasteiger partial charge is 0.357 e. The van der Waals surface area contributed by atoms with E-state index in [0.29, 0.717) is 13.1 Å². The molecule has 0 amide bonds. The van der Waals surface area contributed by atoms with E-state index in [1.807, 2.05) is 35.1 Å². The van der Waals surface area contributed by atoms with Gasteiger partial charge in [0.1, 0.15) is 5.01 Å². The van der Waals surface area contributed by atoms with E-state index in [1.54, 1.807) is 17.5 Å². The van der Waals surface area contributed by atoms with E-state index in [0.717, 1.165) is 35.3 Å². The van der Waals surface area contributed by atoms with Crippen LogP contribution in [-0.2, 0) is 19.6 Å². The number of hydrogen-bond donors (Lipinski definition) is 2. The summed E-state index contributed by atoms with van der Waals surface area (Å²) in [4.78, 5) is 9.55. The molecule has 2 N–H and O–H groups in total. The van der Waals surface area contributed by atoms with Crippen LogP contribution in [0, 0.1) is 0 Å². The molecule has 166 valence electrons. The molecular formula is C24H27IN6S. The number of aliphatic imine (C=N–C) groups is 1. The van der Waals surface area contributed by atoms with Gasteiger partial charge in [-0.15, -0.1) is 35.3 Å². The normalized spacial score (nSPS) is 11.1. The average Bonchev–Trinajstić information content (AvgIpc) is 3.49. The number of aromatic nitrogens is 3. The summed E-state index contributed by atoms with van der Waals surface area (Å²) < 4.78 is 1.93. The Morgan fingerprint density at radius 2 is 1.78 bits per heavy atom. The maximum absolute atomic E-state index is 4.80. The second kappa shape index (κ2) is 12.4. The van der Waals surface area contributed by atoms with Gasteiger partial charge in [-0.05, 0) is 24.1 Å². The van der Waals surface area contributed by atoms with Gasteiger partial charge in [0.15, 0.2) is 5.96 Å². The lowest BCUT2D eigenvalue weighted by molar-refractivity contribution is 0.680. The predicted octanol–water partition coefficient (Wildman–Crippen LogP) is 4.93. The maximum atomic E-state index is 4.80. The Kier molecular flexibility index (Phi) is 9.24. The van der Waals surface area contributed by atoms with Gasteiger partial charge in [-0.1, -0.05) is 54.6 Å². The maximum Gasteiger partial charge on any atom is 0.191 e. The number of rotatable bonds is 8. The SMILES string of the molecule is CCNC(=NCc1ccccc1Cn1cccn1)NCc1nc(-c2ccccc2)cs1.I. The van der Waals surface area contributed by atoms with E-state index < -0.39 is 0 Å². The van der Waals surface area contributed by atoms with Crippen LogP contribution in [0.2, 0.25) is 0 Å². The monoisotopic (exact) mass is 558 g/mol. The second-order valence-electron chi connectivity index (χ2n) is 7.01. The Balaban J connectivity index is 0.00000289. The number of halogens is 1. The highest BCUT2D eigenvalue weighted by molar-refractivity contribution is 14.0. The van der Waals surface area contributed by atoms with E-state index in [2.05, 4.69) is 64.4 Å². The quantitative estimate of drug-likeness (QED) is 0.183. The molecule has 32 heavy (non-hydrogen) atoms. The van der Waals surface area contributed by atoms with Gasteiger partial charge in [0, 0.05) is 29.9 Å². The number of thiazole rings is 1. The minimum Gasteiger partial charge on any atom is -0.357 e. The Hall–Kier alpha value is -2.72. The van der Waals surface area contributed by atoms with Crippen LogP contribution in [0.1, 0.15) is 23.1 Å². The highest BCUT2D eigenvalue weighted by atomic mass is 127. The molecule has 0 atom stereocenters. The van der Waals surface area contributed by atoms with E-state index in [9.17, 15) is 0 Å². The molecule has 4 aromatic rings. The molecule has 0 fully saturated rings. The Morgan fingerprint density at radius 1 is 1.00 bits per heavy atom. The van der Waals surface area contributed by atoms with Crippen LogP contribution in [0.25, 0.3) is 11.3 Å². The molecule has 8 heteroatoms. The minimum absolute atomic E-state index is 0. The van der Waals surface area contributed by atoms with Gasteiger partial charge < -0.3 is 10.6 Å². The molecule has 0 aliphatic carbocycles. The van der Waals surface area contributed by atoms with Crippen molar-refractivity contribution in [2.24, 2.45) is 4.99 Å². The Labute approximate surface area is 209 Å². The molecule has 0 aliphatic rings. The van der Waals surface area contributed by atoms with Crippen molar-refractivity contribution in [2.45, 2.75) is 26.6 Å². The lowest BCUT2D eigenvalue weighted by Gasteiger charge is -2.12. The Morgan fingerprint density at radius 3 is 2.53 bits per heavy atom. The van der Waals surface area contributed by atoms with Gasteiger partial charge in [0.05, 0.1) is 25.3 Å². The van der Waals surface area contributed by atoms with Gasteiger partial charge in [-0.3, -0.25) is 4.68 Å². The fourth-order valence-corrected chi connectivity index (χ4v) is 3.98. The van der Waals surface area contributed by atoms with Crippen molar-refractivity contribution in [3.05, 3.63) is 94.6 Å². The molecule has 2 heterocycles. The lowest BCUT2D eigenvalue weighted by Crippen LogP contribution is -2.36. The third-order valence-electron chi connectivity index (χ3n) is 4.79. The first-order valence-electron chi connectivity index (χ1n) is 10.4. The molecule has 0 bridgehead atoms. The fourth-order valence-electron chi connectivity index (χ4n) is 3.23. The molecule has 0 saturated carbocycles. The summed E-state index contributed by atoms with van der Waals surface area (Å²) in [5.41, 5.74) is 4.56. The molecule has 2 aromatic heterocycles. The van der Waals surface area contributed by atoms with Crippen molar-refractivity contribution < 1.29 is 0 Å². The topological polar surface area (TPSA) is 67.1 Å². The highest BCUT2D eigenvalue weighted by Gasteiger charge is 2.07. The minimum atomic E-state index is 0. The van der Waals surface area contributed by atoms with Gasteiger partial charge in [0.2, 0.25) is 0 Å². The van der Waals surface area contributed by atoms with Crippen molar-refractivity contribution >= 4 is 41.3 Å². The molecule has 0 saturated heterocycles. The number of nitrogens with one attached hydrogen (secondary N) is 2. The van der Waals surface area contributed by atoms with Crippen LogP contribution < -0.4 is 10.6 Å². The molecule has 0 radical (unpaired) electrons. The highest BCUT2D eigenvalue weighted by Crippen LogP contribution is 2.21. The molecule has 0 unspecified atom stereocenters. The first kappa shape index (κ1) is 23.9. The van der Waals surface area contributed by atoms with Gasteiger partial charge in [-0.25, -0.2) is 9.98 Å². The molecule has 6 nitrogen and oxygen atoms in total. The van der Waals surface area contributed by atoms with Crippen molar-refractivity contribution in [2.75, 3.05) is 6.54 Å². The first-order valence-corrected chi connectivity index (χ1v) is 11.3. The number of benzene rings is 2. The van der Waals surface area contributed by atoms with Crippen molar-refractivity contribution in [1.82, 2.24) is 25.4 Å². The standard InChI is InChI=1S/C24H26N6S.HI/c1-2-25-24(27-16-23-29-22(18-31-23)19-9-4-3-5-10-19)26-15-20-11-6-7-12-21(20)17-30-14-8-13-28-30;/h3-14,18H,2,15-17H2,1H3,(H2,25,26,27);1H. The van der Waals surface area contributed by atoms with E-state index >= 15 is 0 Å². The summed E-state index contributed by atoms with van der Waals surface area (Å²) in [6.07, 6.45) is 3.78. The van der Waals surface area contributed by atoms with Crippen molar-refractivity contribution in [1.29, 1.82) is 0 Å². The summed E-state index contributed by atoms with van der Waals surface area (Å²) in [7, 11) is 0. The Bertz CT molecular complexity index is 1110. The number of nitrogens with zero attached hydrogens (tertiary/aromatic N) is 4. The number of hydrogen-bond acceptors (Lipinski definition) is 4. The average molecular weight is 558 g/mol. The zero-order valence-corrected chi connectivity index (χ0v) is 21.1. The summed E-state index contributed by atoms with van der Waals surface area (Å²) in [5.74, 6) is 0.785. The zero-order valence-electron chi connectivity index (χ0n) is 17.9. The van der Waals surface area contributed by atoms with Crippen LogP contribution >= 0.6 is 35.3 Å². The van der Waals surface area contributed by atoms with Crippen LogP contribution in [0.15, 0.2) is 83.4 Å².